The summed E-state index contributed by atoms with van der Waals surface area (Å²) in [6.45, 7) is 0. The number of ether oxygens (including phenoxy) is 1. The van der Waals surface area contributed by atoms with Gasteiger partial charge in [0.25, 0.3) is 0 Å². The second-order valence-electron chi connectivity index (χ2n) is 5.64. The number of anilines is 3. The Morgan fingerprint density at radius 3 is 2.85 bits per heavy atom. The highest BCUT2D eigenvalue weighted by Gasteiger charge is 2.12. The third kappa shape index (κ3) is 3.12. The quantitative estimate of drug-likeness (QED) is 0.504. The molecule has 26 heavy (non-hydrogen) atoms. The van der Waals surface area contributed by atoms with Crippen molar-refractivity contribution in [3.63, 3.8) is 0 Å². The van der Waals surface area contributed by atoms with E-state index in [4.69, 9.17) is 22.1 Å². The van der Waals surface area contributed by atoms with E-state index in [1.165, 1.54) is 0 Å². The average Bonchev–Trinajstić information content (AvgIpc) is 3.09. The van der Waals surface area contributed by atoms with Gasteiger partial charge in [-0.15, -0.1) is 0 Å². The lowest BCUT2D eigenvalue weighted by atomic mass is 10.2. The maximum atomic E-state index is 6.11. The number of halogens is 1. The second kappa shape index (κ2) is 6.53. The van der Waals surface area contributed by atoms with E-state index in [9.17, 15) is 0 Å². The Hall–Kier alpha value is -3.32. The molecule has 4 rings (SSSR count). The Kier molecular flexibility index (Phi) is 4.06. The minimum atomic E-state index is 0.335. The average molecular weight is 367 g/mol. The van der Waals surface area contributed by atoms with Crippen LogP contribution in [0.25, 0.3) is 22.3 Å². The van der Waals surface area contributed by atoms with Gasteiger partial charge in [0.2, 0.25) is 0 Å². The molecule has 0 spiro atoms. The van der Waals surface area contributed by atoms with Gasteiger partial charge in [0.1, 0.15) is 17.4 Å². The standard InChI is InChI=1S/C18H15ClN6O/c1-26-15-5-3-11(19)6-13(15)18-23-16(20)8-17(24-18)22-12-4-2-10-9-21-25-14(10)7-12/h2-9H,1H3,(H,21,25)(H3,20,22,23,24). The van der Waals surface area contributed by atoms with Crippen LogP contribution in [0.5, 0.6) is 5.75 Å². The van der Waals surface area contributed by atoms with Crippen molar-refractivity contribution in [3.8, 4) is 17.1 Å². The van der Waals surface area contributed by atoms with Gasteiger partial charge in [-0.1, -0.05) is 11.6 Å². The molecule has 0 fully saturated rings. The fourth-order valence-electron chi connectivity index (χ4n) is 2.67. The molecule has 4 N–H and O–H groups in total. The van der Waals surface area contributed by atoms with Crippen LogP contribution in [-0.4, -0.2) is 27.3 Å². The van der Waals surface area contributed by atoms with Crippen LogP contribution in [0.2, 0.25) is 5.02 Å². The molecule has 0 unspecified atom stereocenters. The number of rotatable bonds is 4. The van der Waals surface area contributed by atoms with E-state index >= 15 is 0 Å². The van der Waals surface area contributed by atoms with E-state index < -0.39 is 0 Å². The highest BCUT2D eigenvalue weighted by molar-refractivity contribution is 6.30. The number of aromatic nitrogens is 4. The van der Waals surface area contributed by atoms with Crippen molar-refractivity contribution in [1.82, 2.24) is 20.2 Å². The molecule has 0 aliphatic heterocycles. The van der Waals surface area contributed by atoms with Crippen LogP contribution in [0.1, 0.15) is 0 Å². The zero-order valence-corrected chi connectivity index (χ0v) is 14.6. The number of nitrogen functional groups attached to an aromatic ring is 1. The molecule has 0 saturated heterocycles. The SMILES string of the molecule is COc1ccc(Cl)cc1-c1nc(N)cc(Nc2ccc3cn[nH]c3c2)n1. The number of aromatic amines is 1. The molecule has 7 nitrogen and oxygen atoms in total. The number of H-pyrrole nitrogens is 1. The molecule has 0 amide bonds. The van der Waals surface area contributed by atoms with E-state index in [1.54, 1.807) is 37.6 Å². The van der Waals surface area contributed by atoms with Crippen LogP contribution >= 0.6 is 11.6 Å². The molecule has 0 radical (unpaired) electrons. The van der Waals surface area contributed by atoms with Crippen molar-refractivity contribution < 1.29 is 4.74 Å². The maximum absolute atomic E-state index is 6.11. The van der Waals surface area contributed by atoms with Gasteiger partial charge in [-0.05, 0) is 36.4 Å². The molecule has 2 aromatic carbocycles. The zero-order valence-electron chi connectivity index (χ0n) is 13.8. The van der Waals surface area contributed by atoms with Crippen molar-refractivity contribution in [3.05, 3.63) is 53.7 Å². The van der Waals surface area contributed by atoms with Crippen LogP contribution in [0.4, 0.5) is 17.3 Å². The van der Waals surface area contributed by atoms with E-state index in [2.05, 4.69) is 25.5 Å². The first-order chi connectivity index (χ1) is 12.6. The summed E-state index contributed by atoms with van der Waals surface area (Å²) < 4.78 is 5.38. The molecule has 4 aromatic rings. The topological polar surface area (TPSA) is 102 Å². The Bertz CT molecular complexity index is 1090. The normalized spacial score (nSPS) is 10.8. The van der Waals surface area contributed by atoms with Crippen molar-refractivity contribution in [2.45, 2.75) is 0 Å². The largest absolute Gasteiger partial charge is 0.496 e. The number of hydrogen-bond donors (Lipinski definition) is 3. The lowest BCUT2D eigenvalue weighted by molar-refractivity contribution is 0.416. The summed E-state index contributed by atoms with van der Waals surface area (Å²) in [6, 6.07) is 12.8. The molecule has 2 aromatic heterocycles. The van der Waals surface area contributed by atoms with E-state index in [0.29, 0.717) is 33.8 Å². The number of nitrogens with two attached hydrogens (primary N) is 1. The van der Waals surface area contributed by atoms with Gasteiger partial charge in [0.15, 0.2) is 5.82 Å². The Labute approximate surface area is 154 Å². The molecule has 2 heterocycles. The van der Waals surface area contributed by atoms with Crippen LogP contribution in [0, 0.1) is 0 Å². The Morgan fingerprint density at radius 2 is 2.00 bits per heavy atom. The fraction of sp³-hybridized carbons (Fsp3) is 0.0556. The van der Waals surface area contributed by atoms with Crippen LogP contribution in [0.15, 0.2) is 48.7 Å². The summed E-state index contributed by atoms with van der Waals surface area (Å²) in [7, 11) is 1.58. The molecular formula is C18H15ClN6O. The summed E-state index contributed by atoms with van der Waals surface area (Å²) in [5.41, 5.74) is 8.41. The van der Waals surface area contributed by atoms with Crippen molar-refractivity contribution in [2.75, 3.05) is 18.2 Å². The molecule has 0 bridgehead atoms. The van der Waals surface area contributed by atoms with Gasteiger partial charge in [-0.25, -0.2) is 9.97 Å². The van der Waals surface area contributed by atoms with Crippen LogP contribution < -0.4 is 15.8 Å². The van der Waals surface area contributed by atoms with Crippen LogP contribution in [-0.2, 0) is 0 Å². The smallest absolute Gasteiger partial charge is 0.167 e. The van der Waals surface area contributed by atoms with Gasteiger partial charge in [0.05, 0.1) is 24.4 Å². The Balaban J connectivity index is 1.73. The number of nitrogens with one attached hydrogen (secondary N) is 2. The summed E-state index contributed by atoms with van der Waals surface area (Å²) >= 11 is 6.11. The first kappa shape index (κ1) is 16.2. The van der Waals surface area contributed by atoms with Gasteiger partial charge in [-0.2, -0.15) is 5.10 Å². The minimum absolute atomic E-state index is 0.335. The zero-order chi connectivity index (χ0) is 18.1. The first-order valence-electron chi connectivity index (χ1n) is 7.81. The molecule has 0 aliphatic rings. The number of fused-ring (bicyclic) bond motifs is 1. The van der Waals surface area contributed by atoms with Crippen molar-refractivity contribution in [1.29, 1.82) is 0 Å². The highest BCUT2D eigenvalue weighted by atomic mass is 35.5. The third-order valence-corrected chi connectivity index (χ3v) is 4.10. The van der Waals surface area contributed by atoms with E-state index in [0.717, 1.165) is 16.6 Å². The molecule has 8 heteroatoms. The fourth-order valence-corrected chi connectivity index (χ4v) is 2.84. The summed E-state index contributed by atoms with van der Waals surface area (Å²) in [5.74, 6) is 1.94. The lowest BCUT2D eigenvalue weighted by Crippen LogP contribution is -2.02. The third-order valence-electron chi connectivity index (χ3n) is 3.86. The van der Waals surface area contributed by atoms with Crippen molar-refractivity contribution in [2.24, 2.45) is 0 Å². The highest BCUT2D eigenvalue weighted by Crippen LogP contribution is 2.32. The summed E-state index contributed by atoms with van der Waals surface area (Å²) in [5, 5.41) is 11.8. The predicted octanol–water partition coefficient (Wildman–Crippen LogP) is 4.01. The van der Waals surface area contributed by atoms with E-state index in [1.807, 2.05) is 18.2 Å². The monoisotopic (exact) mass is 366 g/mol. The first-order valence-corrected chi connectivity index (χ1v) is 8.19. The lowest BCUT2D eigenvalue weighted by Gasteiger charge is -2.11. The molecule has 0 atom stereocenters. The summed E-state index contributed by atoms with van der Waals surface area (Å²) in [6.07, 6.45) is 1.77. The van der Waals surface area contributed by atoms with Gasteiger partial charge in [0, 0.05) is 22.2 Å². The van der Waals surface area contributed by atoms with Gasteiger partial charge < -0.3 is 15.8 Å². The molecule has 0 aliphatic carbocycles. The van der Waals surface area contributed by atoms with Crippen LogP contribution in [0.3, 0.4) is 0 Å². The number of benzene rings is 2. The summed E-state index contributed by atoms with van der Waals surface area (Å²) in [4.78, 5) is 8.86. The number of methoxy groups -OCH3 is 1. The van der Waals surface area contributed by atoms with Gasteiger partial charge in [-0.3, -0.25) is 5.10 Å². The number of hydrogen-bond acceptors (Lipinski definition) is 6. The van der Waals surface area contributed by atoms with Crippen molar-refractivity contribution >= 4 is 39.8 Å². The molecule has 0 saturated carbocycles. The molecular weight excluding hydrogens is 352 g/mol. The minimum Gasteiger partial charge on any atom is -0.496 e. The molecule has 130 valence electrons. The van der Waals surface area contributed by atoms with Gasteiger partial charge >= 0.3 is 0 Å². The van der Waals surface area contributed by atoms with E-state index in [-0.39, 0.29) is 0 Å². The predicted molar refractivity (Wildman–Crippen MR) is 103 cm³/mol. The second-order valence-corrected chi connectivity index (χ2v) is 6.08. The number of nitrogens with zero attached hydrogens (tertiary/aromatic N) is 3. The Morgan fingerprint density at radius 1 is 1.12 bits per heavy atom. The maximum Gasteiger partial charge on any atom is 0.167 e.